The van der Waals surface area contributed by atoms with Gasteiger partial charge in [-0.1, -0.05) is 6.07 Å². The summed E-state index contributed by atoms with van der Waals surface area (Å²) in [4.78, 5) is 19.2. The van der Waals surface area contributed by atoms with Crippen LogP contribution in [0.2, 0.25) is 0 Å². The van der Waals surface area contributed by atoms with Gasteiger partial charge in [0, 0.05) is 0 Å². The number of fused-ring (bicyclic) bond motifs is 1. The molecule has 1 aromatic carbocycles. The summed E-state index contributed by atoms with van der Waals surface area (Å²) in [6, 6.07) is 5.36. The van der Waals surface area contributed by atoms with Gasteiger partial charge in [-0.2, -0.15) is 0 Å². The monoisotopic (exact) mass is 262 g/mol. The molecule has 102 valence electrons. The number of hydrogen-bond acceptors (Lipinski definition) is 4. The first-order valence-corrected chi connectivity index (χ1v) is 6.10. The normalized spacial score (nSPS) is 11.8. The second-order valence-corrected chi connectivity index (χ2v) is 5.28. The average Bonchev–Trinajstić information content (AvgIpc) is 2.77. The minimum absolute atomic E-state index is 0.232. The number of ether oxygens (including phenoxy) is 2. The van der Waals surface area contributed by atoms with Crippen LogP contribution in [0.5, 0.6) is 0 Å². The number of imidazole rings is 1. The van der Waals surface area contributed by atoms with Gasteiger partial charge in [-0.15, -0.1) is 0 Å². The Labute approximate surface area is 111 Å². The largest absolute Gasteiger partial charge is 0.465 e. The van der Waals surface area contributed by atoms with Gasteiger partial charge in [-0.3, -0.25) is 0 Å². The fourth-order valence-electron chi connectivity index (χ4n) is 1.71. The van der Waals surface area contributed by atoms with Crippen molar-refractivity contribution in [2.75, 3.05) is 7.11 Å². The van der Waals surface area contributed by atoms with Crippen molar-refractivity contribution in [1.82, 2.24) is 9.97 Å². The molecule has 5 heteroatoms. The standard InChI is InChI=1S/C14H18N2O3/c1-14(2,3)19-8-11-15-10-7-5-6-9(12(10)16-11)13(17)18-4/h5-7H,8H2,1-4H3,(H,15,16). The number of carbonyl (C=O) groups excluding carboxylic acids is 1. The fraction of sp³-hybridized carbons (Fsp3) is 0.429. The SMILES string of the molecule is COC(=O)c1cccc2[nH]c(COC(C)(C)C)nc12. The van der Waals surface area contributed by atoms with Gasteiger partial charge >= 0.3 is 5.97 Å². The molecule has 0 atom stereocenters. The Morgan fingerprint density at radius 2 is 2.11 bits per heavy atom. The van der Waals surface area contributed by atoms with Crippen LogP contribution in [0.4, 0.5) is 0 Å². The first kappa shape index (κ1) is 13.5. The summed E-state index contributed by atoms with van der Waals surface area (Å²) < 4.78 is 10.4. The number of aromatic nitrogens is 2. The van der Waals surface area contributed by atoms with E-state index in [1.807, 2.05) is 26.8 Å². The van der Waals surface area contributed by atoms with E-state index in [1.54, 1.807) is 12.1 Å². The lowest BCUT2D eigenvalue weighted by molar-refractivity contribution is -0.0177. The highest BCUT2D eigenvalue weighted by Gasteiger charge is 2.15. The highest BCUT2D eigenvalue weighted by atomic mass is 16.5. The van der Waals surface area contributed by atoms with Gasteiger partial charge in [-0.25, -0.2) is 9.78 Å². The van der Waals surface area contributed by atoms with Gasteiger partial charge in [0.25, 0.3) is 0 Å². The van der Waals surface area contributed by atoms with E-state index in [9.17, 15) is 4.79 Å². The van der Waals surface area contributed by atoms with Crippen molar-refractivity contribution >= 4 is 17.0 Å². The molecule has 19 heavy (non-hydrogen) atoms. The molecule has 0 radical (unpaired) electrons. The van der Waals surface area contributed by atoms with Crippen LogP contribution in [-0.4, -0.2) is 28.6 Å². The predicted octanol–water partition coefficient (Wildman–Crippen LogP) is 2.66. The Balaban J connectivity index is 2.32. The van der Waals surface area contributed by atoms with Gasteiger partial charge < -0.3 is 14.5 Å². The smallest absolute Gasteiger partial charge is 0.340 e. The second-order valence-electron chi connectivity index (χ2n) is 5.28. The van der Waals surface area contributed by atoms with E-state index in [0.29, 0.717) is 23.5 Å². The highest BCUT2D eigenvalue weighted by Crippen LogP contribution is 2.19. The summed E-state index contributed by atoms with van der Waals surface area (Å²) in [5, 5.41) is 0. The number of para-hydroxylation sites is 1. The van der Waals surface area contributed by atoms with E-state index >= 15 is 0 Å². The summed E-state index contributed by atoms with van der Waals surface area (Å²) in [6.07, 6.45) is 0. The molecule has 1 heterocycles. The van der Waals surface area contributed by atoms with E-state index in [-0.39, 0.29) is 11.6 Å². The molecule has 0 aliphatic heterocycles. The quantitative estimate of drug-likeness (QED) is 0.864. The van der Waals surface area contributed by atoms with E-state index in [0.717, 1.165) is 5.52 Å². The van der Waals surface area contributed by atoms with Crippen LogP contribution in [0.15, 0.2) is 18.2 Å². The lowest BCUT2D eigenvalue weighted by Gasteiger charge is -2.18. The molecule has 0 bridgehead atoms. The Morgan fingerprint density at radius 1 is 1.37 bits per heavy atom. The number of esters is 1. The average molecular weight is 262 g/mol. The van der Waals surface area contributed by atoms with Crippen molar-refractivity contribution < 1.29 is 14.3 Å². The van der Waals surface area contributed by atoms with Gasteiger partial charge in [0.1, 0.15) is 17.9 Å². The molecule has 0 spiro atoms. The Kier molecular flexibility index (Phi) is 3.57. The molecule has 2 rings (SSSR count). The summed E-state index contributed by atoms with van der Waals surface area (Å²) in [6.45, 7) is 6.32. The Hall–Kier alpha value is -1.88. The third-order valence-electron chi connectivity index (χ3n) is 2.61. The molecular weight excluding hydrogens is 244 g/mol. The number of benzene rings is 1. The third-order valence-corrected chi connectivity index (χ3v) is 2.61. The van der Waals surface area contributed by atoms with Crippen molar-refractivity contribution in [2.45, 2.75) is 33.0 Å². The molecule has 1 N–H and O–H groups in total. The van der Waals surface area contributed by atoms with Crippen LogP contribution >= 0.6 is 0 Å². The highest BCUT2D eigenvalue weighted by molar-refractivity contribution is 6.01. The van der Waals surface area contributed by atoms with Gasteiger partial charge in [0.2, 0.25) is 0 Å². The maximum Gasteiger partial charge on any atom is 0.340 e. The minimum atomic E-state index is -0.389. The third kappa shape index (κ3) is 3.12. The fourth-order valence-corrected chi connectivity index (χ4v) is 1.71. The molecular formula is C14H18N2O3. The van der Waals surface area contributed by atoms with E-state index < -0.39 is 0 Å². The van der Waals surface area contributed by atoms with E-state index in [2.05, 4.69) is 9.97 Å². The first-order chi connectivity index (χ1) is 8.90. The van der Waals surface area contributed by atoms with E-state index in [4.69, 9.17) is 9.47 Å². The Morgan fingerprint density at radius 3 is 2.74 bits per heavy atom. The number of aromatic amines is 1. The molecule has 0 aliphatic rings. The molecule has 1 aromatic heterocycles. The van der Waals surface area contributed by atoms with Crippen LogP contribution in [-0.2, 0) is 16.1 Å². The molecule has 2 aromatic rings. The van der Waals surface area contributed by atoms with Gasteiger partial charge in [-0.05, 0) is 32.9 Å². The first-order valence-electron chi connectivity index (χ1n) is 6.10. The Bertz CT molecular complexity index is 596. The molecule has 0 saturated heterocycles. The van der Waals surface area contributed by atoms with Gasteiger partial charge in [0.15, 0.2) is 0 Å². The lowest BCUT2D eigenvalue weighted by Crippen LogP contribution is -2.19. The van der Waals surface area contributed by atoms with Crippen LogP contribution in [0.1, 0.15) is 37.0 Å². The summed E-state index contributed by atoms with van der Waals surface area (Å²) >= 11 is 0. The van der Waals surface area contributed by atoms with Crippen molar-refractivity contribution in [1.29, 1.82) is 0 Å². The van der Waals surface area contributed by atoms with E-state index in [1.165, 1.54) is 7.11 Å². The molecule has 0 unspecified atom stereocenters. The zero-order valence-corrected chi connectivity index (χ0v) is 11.6. The van der Waals surface area contributed by atoms with Crippen LogP contribution in [0, 0.1) is 0 Å². The predicted molar refractivity (Wildman–Crippen MR) is 72.0 cm³/mol. The lowest BCUT2D eigenvalue weighted by atomic mass is 10.2. The van der Waals surface area contributed by atoms with Crippen molar-refractivity contribution in [3.05, 3.63) is 29.6 Å². The second kappa shape index (κ2) is 5.01. The number of rotatable bonds is 3. The number of hydrogen-bond donors (Lipinski definition) is 1. The zero-order chi connectivity index (χ0) is 14.0. The number of nitrogens with one attached hydrogen (secondary N) is 1. The summed E-state index contributed by atoms with van der Waals surface area (Å²) in [5.74, 6) is 0.307. The maximum absolute atomic E-state index is 11.6. The number of nitrogens with zero attached hydrogens (tertiary/aromatic N) is 1. The van der Waals surface area contributed by atoms with Crippen LogP contribution in [0.25, 0.3) is 11.0 Å². The zero-order valence-electron chi connectivity index (χ0n) is 11.6. The molecule has 0 fully saturated rings. The minimum Gasteiger partial charge on any atom is -0.465 e. The maximum atomic E-state index is 11.6. The van der Waals surface area contributed by atoms with Crippen LogP contribution < -0.4 is 0 Å². The van der Waals surface area contributed by atoms with Crippen LogP contribution in [0.3, 0.4) is 0 Å². The van der Waals surface area contributed by atoms with Crippen molar-refractivity contribution in [3.8, 4) is 0 Å². The van der Waals surface area contributed by atoms with Crippen molar-refractivity contribution in [3.63, 3.8) is 0 Å². The molecule has 5 nitrogen and oxygen atoms in total. The van der Waals surface area contributed by atoms with Crippen molar-refractivity contribution in [2.24, 2.45) is 0 Å². The van der Waals surface area contributed by atoms with Gasteiger partial charge in [0.05, 0.1) is 23.8 Å². The molecule has 0 amide bonds. The topological polar surface area (TPSA) is 64.2 Å². The summed E-state index contributed by atoms with van der Waals surface area (Å²) in [7, 11) is 1.36. The number of H-pyrrole nitrogens is 1. The number of carbonyl (C=O) groups is 1. The molecule has 0 aliphatic carbocycles. The molecule has 0 saturated carbocycles. The number of methoxy groups -OCH3 is 1. The summed E-state index contributed by atoms with van der Waals surface area (Å²) in [5.41, 5.74) is 1.64.